The summed E-state index contributed by atoms with van der Waals surface area (Å²) in [6.45, 7) is 3.57. The monoisotopic (exact) mass is 469 g/mol. The molecule has 2 aromatic heterocycles. The molecule has 0 atom stereocenters. The van der Waals surface area contributed by atoms with Gasteiger partial charge in [-0.3, -0.25) is 14.6 Å². The second-order valence-electron chi connectivity index (χ2n) is 7.48. The first kappa shape index (κ1) is 23.0. The van der Waals surface area contributed by atoms with Gasteiger partial charge in [-0.25, -0.2) is 4.79 Å². The standard InChI is InChI=1S/C24H18F3N3O4/c1-3-34-23(33)13-7-8-18-15(10-13)19(9-12(2)29-18)30-22(32)16-11-28-20-14(21(16)31)5-4-6-17(20)24(25,26)27/h4-11H,3H2,1-2H3,(H,28,31)(H,29,30,32). The van der Waals surface area contributed by atoms with Crippen LogP contribution in [0.15, 0.2) is 53.5 Å². The fraction of sp³-hybridized carbons (Fsp3) is 0.167. The predicted octanol–water partition coefficient (Wildman–Crippen LogP) is 4.83. The van der Waals surface area contributed by atoms with Crippen LogP contribution in [0.4, 0.5) is 18.9 Å². The van der Waals surface area contributed by atoms with E-state index in [0.29, 0.717) is 16.6 Å². The number of rotatable bonds is 4. The summed E-state index contributed by atoms with van der Waals surface area (Å²) in [6.07, 6.45) is -3.72. The highest BCUT2D eigenvalue weighted by molar-refractivity contribution is 6.10. The van der Waals surface area contributed by atoms with Crippen LogP contribution in [0.2, 0.25) is 0 Å². The Bertz CT molecular complexity index is 1510. The Hall–Kier alpha value is -4.21. The van der Waals surface area contributed by atoms with Crippen molar-refractivity contribution in [3.8, 4) is 0 Å². The number of alkyl halides is 3. The highest BCUT2D eigenvalue weighted by atomic mass is 19.4. The Kier molecular flexibility index (Phi) is 5.82. The fourth-order valence-electron chi connectivity index (χ4n) is 3.65. The number of benzene rings is 2. The van der Waals surface area contributed by atoms with Gasteiger partial charge in [0.15, 0.2) is 0 Å². The Labute approximate surface area is 190 Å². The van der Waals surface area contributed by atoms with Gasteiger partial charge in [-0.05, 0) is 50.2 Å². The number of hydrogen-bond donors (Lipinski definition) is 2. The van der Waals surface area contributed by atoms with E-state index in [1.165, 1.54) is 12.1 Å². The first-order valence-corrected chi connectivity index (χ1v) is 10.2. The largest absolute Gasteiger partial charge is 0.462 e. The lowest BCUT2D eigenvalue weighted by atomic mass is 10.1. The van der Waals surface area contributed by atoms with Gasteiger partial charge in [-0.2, -0.15) is 13.2 Å². The lowest BCUT2D eigenvalue weighted by Gasteiger charge is -2.12. The van der Waals surface area contributed by atoms with E-state index in [4.69, 9.17) is 4.74 Å². The SMILES string of the molecule is CCOC(=O)c1ccc2nc(C)cc(NC(=O)c3c[nH]c4c(C(F)(F)F)cccc4c3=O)c2c1. The molecule has 4 aromatic rings. The number of esters is 1. The molecular formula is C24H18F3N3O4. The summed E-state index contributed by atoms with van der Waals surface area (Å²) in [5.74, 6) is -1.37. The molecule has 0 saturated heterocycles. The zero-order valence-electron chi connectivity index (χ0n) is 18.0. The van der Waals surface area contributed by atoms with Crippen LogP contribution in [0.1, 0.15) is 38.9 Å². The highest BCUT2D eigenvalue weighted by Crippen LogP contribution is 2.33. The lowest BCUT2D eigenvalue weighted by molar-refractivity contribution is -0.136. The molecule has 1 amide bonds. The maximum absolute atomic E-state index is 13.3. The number of ether oxygens (including phenoxy) is 1. The van der Waals surface area contributed by atoms with Gasteiger partial charge < -0.3 is 15.0 Å². The third-order valence-corrected chi connectivity index (χ3v) is 5.16. The van der Waals surface area contributed by atoms with Crippen molar-refractivity contribution in [2.45, 2.75) is 20.0 Å². The molecule has 10 heteroatoms. The molecule has 2 aromatic carbocycles. The summed E-state index contributed by atoms with van der Waals surface area (Å²) in [5.41, 5.74) is -1.03. The predicted molar refractivity (Wildman–Crippen MR) is 120 cm³/mol. The second-order valence-corrected chi connectivity index (χ2v) is 7.48. The third-order valence-electron chi connectivity index (χ3n) is 5.16. The highest BCUT2D eigenvalue weighted by Gasteiger charge is 2.33. The van der Waals surface area contributed by atoms with Gasteiger partial charge in [0.25, 0.3) is 5.91 Å². The molecule has 2 N–H and O–H groups in total. The second kappa shape index (κ2) is 8.62. The van der Waals surface area contributed by atoms with Crippen LogP contribution in [0, 0.1) is 6.92 Å². The maximum Gasteiger partial charge on any atom is 0.418 e. The average molecular weight is 469 g/mol. The van der Waals surface area contributed by atoms with E-state index in [-0.39, 0.29) is 28.8 Å². The maximum atomic E-state index is 13.3. The van der Waals surface area contributed by atoms with Crippen LogP contribution in [0.25, 0.3) is 21.8 Å². The smallest absolute Gasteiger partial charge is 0.418 e. The van der Waals surface area contributed by atoms with E-state index >= 15 is 0 Å². The number of nitrogens with one attached hydrogen (secondary N) is 2. The Balaban J connectivity index is 1.77. The van der Waals surface area contributed by atoms with Crippen molar-refractivity contribution in [2.24, 2.45) is 0 Å². The minimum Gasteiger partial charge on any atom is -0.462 e. The first-order chi connectivity index (χ1) is 16.1. The van der Waals surface area contributed by atoms with Crippen molar-refractivity contribution in [3.05, 3.63) is 81.3 Å². The number of pyridine rings is 2. The Morgan fingerprint density at radius 1 is 1.12 bits per heavy atom. The van der Waals surface area contributed by atoms with Crippen molar-refractivity contribution in [2.75, 3.05) is 11.9 Å². The van der Waals surface area contributed by atoms with Crippen molar-refractivity contribution in [1.82, 2.24) is 9.97 Å². The average Bonchev–Trinajstić information content (AvgIpc) is 2.78. The molecule has 174 valence electrons. The molecule has 2 heterocycles. The quantitative estimate of drug-likeness (QED) is 0.417. The molecule has 0 aliphatic carbocycles. The van der Waals surface area contributed by atoms with Gasteiger partial charge in [0.1, 0.15) is 5.56 Å². The molecule has 0 fully saturated rings. The molecule has 0 unspecified atom stereocenters. The van der Waals surface area contributed by atoms with E-state index in [0.717, 1.165) is 18.3 Å². The molecule has 0 bridgehead atoms. The van der Waals surface area contributed by atoms with Gasteiger partial charge in [-0.1, -0.05) is 6.07 Å². The number of carbonyl (C=O) groups excluding carboxylic acids is 2. The summed E-state index contributed by atoms with van der Waals surface area (Å²) in [4.78, 5) is 44.8. The van der Waals surface area contributed by atoms with Crippen LogP contribution in [-0.4, -0.2) is 28.5 Å². The van der Waals surface area contributed by atoms with E-state index in [9.17, 15) is 27.6 Å². The van der Waals surface area contributed by atoms with Gasteiger partial charge in [0.05, 0.1) is 34.5 Å². The number of amides is 1. The molecule has 0 aliphatic heterocycles. The number of fused-ring (bicyclic) bond motifs is 2. The van der Waals surface area contributed by atoms with Crippen LogP contribution in [0.3, 0.4) is 0 Å². The molecule has 7 nitrogen and oxygen atoms in total. The van der Waals surface area contributed by atoms with Crippen molar-refractivity contribution in [3.63, 3.8) is 0 Å². The number of aromatic nitrogens is 2. The molecular weight excluding hydrogens is 451 g/mol. The van der Waals surface area contributed by atoms with Crippen molar-refractivity contribution < 1.29 is 27.5 Å². The zero-order chi connectivity index (χ0) is 24.6. The summed E-state index contributed by atoms with van der Waals surface area (Å²) in [7, 11) is 0. The normalized spacial score (nSPS) is 11.6. The topological polar surface area (TPSA) is 101 Å². The van der Waals surface area contributed by atoms with Crippen LogP contribution >= 0.6 is 0 Å². The van der Waals surface area contributed by atoms with Crippen molar-refractivity contribution in [1.29, 1.82) is 0 Å². The molecule has 0 saturated carbocycles. The molecule has 4 rings (SSSR count). The number of hydrogen-bond acceptors (Lipinski definition) is 5. The van der Waals surface area contributed by atoms with Gasteiger partial charge in [-0.15, -0.1) is 0 Å². The number of aryl methyl sites for hydroxylation is 1. The number of halogens is 3. The number of para-hydroxylation sites is 1. The number of H-pyrrole nitrogens is 1. The fourth-order valence-corrected chi connectivity index (χ4v) is 3.65. The van der Waals surface area contributed by atoms with E-state index in [1.807, 2.05) is 0 Å². The van der Waals surface area contributed by atoms with E-state index in [1.54, 1.807) is 32.0 Å². The van der Waals surface area contributed by atoms with Crippen LogP contribution in [0.5, 0.6) is 0 Å². The minimum absolute atomic E-state index is 0.188. The third kappa shape index (κ3) is 4.21. The molecule has 34 heavy (non-hydrogen) atoms. The Morgan fingerprint density at radius 2 is 1.88 bits per heavy atom. The summed E-state index contributed by atoms with van der Waals surface area (Å²) in [5, 5.41) is 2.79. The molecule has 0 aliphatic rings. The summed E-state index contributed by atoms with van der Waals surface area (Å²) >= 11 is 0. The number of anilines is 1. The summed E-state index contributed by atoms with van der Waals surface area (Å²) < 4.78 is 44.8. The Morgan fingerprint density at radius 3 is 2.59 bits per heavy atom. The van der Waals surface area contributed by atoms with Gasteiger partial charge >= 0.3 is 12.1 Å². The van der Waals surface area contributed by atoms with Gasteiger partial charge in [0.2, 0.25) is 5.43 Å². The number of aromatic amines is 1. The molecule has 0 spiro atoms. The zero-order valence-corrected chi connectivity index (χ0v) is 18.0. The molecule has 0 radical (unpaired) electrons. The van der Waals surface area contributed by atoms with Crippen LogP contribution in [-0.2, 0) is 10.9 Å². The number of carbonyl (C=O) groups is 2. The van der Waals surface area contributed by atoms with Crippen molar-refractivity contribution >= 4 is 39.4 Å². The minimum atomic E-state index is -4.67. The van der Waals surface area contributed by atoms with Crippen LogP contribution < -0.4 is 10.7 Å². The number of nitrogens with zero attached hydrogens (tertiary/aromatic N) is 1. The lowest BCUT2D eigenvalue weighted by Crippen LogP contribution is -2.23. The van der Waals surface area contributed by atoms with E-state index in [2.05, 4.69) is 15.3 Å². The van der Waals surface area contributed by atoms with Gasteiger partial charge in [0, 0.05) is 22.7 Å². The summed E-state index contributed by atoms with van der Waals surface area (Å²) in [6, 6.07) is 9.40. The first-order valence-electron chi connectivity index (χ1n) is 10.2. The van der Waals surface area contributed by atoms with E-state index < -0.39 is 34.6 Å².